The maximum atomic E-state index is 5.63. The maximum absolute atomic E-state index is 5.63. The summed E-state index contributed by atoms with van der Waals surface area (Å²) in [6.07, 6.45) is 0. The topological polar surface area (TPSA) is 48.1 Å². The van der Waals surface area contributed by atoms with Gasteiger partial charge in [-0.15, -0.1) is 0 Å². The first-order valence-electron chi connectivity index (χ1n) is 5.55. The van der Waals surface area contributed by atoms with Gasteiger partial charge in [-0.1, -0.05) is 18.2 Å². The van der Waals surface area contributed by atoms with Crippen LogP contribution in [-0.4, -0.2) is 12.1 Å². The number of aromatic nitrogens is 1. The lowest BCUT2D eigenvalue weighted by Crippen LogP contribution is -2.01. The second-order valence-electron chi connectivity index (χ2n) is 3.88. The zero-order valence-electron chi connectivity index (χ0n) is 10.1. The number of methoxy groups -OCH3 is 1. The Morgan fingerprint density at radius 2 is 2.06 bits per heavy atom. The van der Waals surface area contributed by atoms with Gasteiger partial charge in [-0.25, -0.2) is 0 Å². The van der Waals surface area contributed by atoms with Crippen molar-refractivity contribution in [1.29, 1.82) is 0 Å². The van der Waals surface area contributed by atoms with Crippen LogP contribution in [0.3, 0.4) is 0 Å². The smallest absolute Gasteiger partial charge is 0.119 e. The Labute approximate surface area is 101 Å². The molecular weight excluding hydrogens is 212 g/mol. The lowest BCUT2D eigenvalue weighted by molar-refractivity contribution is 0.415. The van der Waals surface area contributed by atoms with Crippen LogP contribution in [-0.2, 0) is 6.54 Å². The highest BCUT2D eigenvalue weighted by atomic mass is 16.5. The Kier molecular flexibility index (Phi) is 3.40. The fourth-order valence-corrected chi connectivity index (χ4v) is 1.75. The van der Waals surface area contributed by atoms with Gasteiger partial charge in [0.1, 0.15) is 5.75 Å². The molecule has 0 saturated carbocycles. The van der Waals surface area contributed by atoms with Gasteiger partial charge in [0.25, 0.3) is 0 Å². The Bertz CT molecular complexity index is 523. The van der Waals surface area contributed by atoms with Crippen molar-refractivity contribution in [3.05, 3.63) is 47.7 Å². The average molecular weight is 228 g/mol. The molecule has 0 aliphatic heterocycles. The van der Waals surface area contributed by atoms with Gasteiger partial charge < -0.3 is 10.5 Å². The molecule has 0 fully saturated rings. The molecule has 88 valence electrons. The van der Waals surface area contributed by atoms with E-state index in [0.717, 1.165) is 28.3 Å². The average Bonchev–Trinajstić information content (AvgIpc) is 2.38. The van der Waals surface area contributed by atoms with E-state index in [1.807, 2.05) is 43.3 Å². The van der Waals surface area contributed by atoms with Crippen molar-refractivity contribution in [3.8, 4) is 17.0 Å². The largest absolute Gasteiger partial charge is 0.497 e. The van der Waals surface area contributed by atoms with E-state index in [0.29, 0.717) is 6.54 Å². The van der Waals surface area contributed by atoms with Gasteiger partial charge in [0.05, 0.1) is 12.8 Å². The van der Waals surface area contributed by atoms with E-state index in [-0.39, 0.29) is 0 Å². The molecule has 2 N–H and O–H groups in total. The molecular formula is C14H16N2O. The van der Waals surface area contributed by atoms with E-state index in [1.54, 1.807) is 7.11 Å². The van der Waals surface area contributed by atoms with E-state index in [9.17, 15) is 0 Å². The zero-order valence-corrected chi connectivity index (χ0v) is 10.1. The van der Waals surface area contributed by atoms with Crippen molar-refractivity contribution in [2.45, 2.75) is 13.5 Å². The van der Waals surface area contributed by atoms with Gasteiger partial charge in [0, 0.05) is 17.8 Å². The first-order valence-corrected chi connectivity index (χ1v) is 5.55. The summed E-state index contributed by atoms with van der Waals surface area (Å²) in [7, 11) is 1.66. The Hall–Kier alpha value is -1.87. The molecule has 0 aliphatic carbocycles. The first kappa shape index (κ1) is 11.6. The molecule has 1 heterocycles. The van der Waals surface area contributed by atoms with Crippen LogP contribution in [0.5, 0.6) is 5.75 Å². The number of aryl methyl sites for hydroxylation is 1. The monoisotopic (exact) mass is 228 g/mol. The summed E-state index contributed by atoms with van der Waals surface area (Å²) >= 11 is 0. The molecule has 0 saturated heterocycles. The van der Waals surface area contributed by atoms with E-state index >= 15 is 0 Å². The highest BCUT2D eigenvalue weighted by Gasteiger charge is 2.03. The quantitative estimate of drug-likeness (QED) is 0.878. The Morgan fingerprint density at radius 1 is 1.24 bits per heavy atom. The number of ether oxygens (including phenoxy) is 1. The molecule has 0 bridgehead atoms. The van der Waals surface area contributed by atoms with Crippen molar-refractivity contribution < 1.29 is 4.74 Å². The summed E-state index contributed by atoms with van der Waals surface area (Å²) in [5.41, 5.74) is 9.68. The number of rotatable bonds is 3. The Morgan fingerprint density at radius 3 is 2.71 bits per heavy atom. The Balaban J connectivity index is 2.42. The molecule has 17 heavy (non-hydrogen) atoms. The van der Waals surface area contributed by atoms with Crippen LogP contribution in [0, 0.1) is 6.92 Å². The van der Waals surface area contributed by atoms with Crippen molar-refractivity contribution in [2.75, 3.05) is 7.11 Å². The molecule has 0 unspecified atom stereocenters. The standard InChI is InChI=1S/C14H16N2O/c1-10-12(9-15)6-7-14(16-10)11-4-3-5-13(8-11)17-2/h3-8H,9,15H2,1-2H3. The summed E-state index contributed by atoms with van der Waals surface area (Å²) in [5.74, 6) is 0.838. The number of pyridine rings is 1. The van der Waals surface area contributed by atoms with Crippen molar-refractivity contribution in [3.63, 3.8) is 0 Å². The normalized spacial score (nSPS) is 10.3. The first-order chi connectivity index (χ1) is 8.24. The number of hydrogen-bond acceptors (Lipinski definition) is 3. The molecule has 3 heteroatoms. The summed E-state index contributed by atoms with van der Waals surface area (Å²) in [6, 6.07) is 11.9. The van der Waals surface area contributed by atoms with Crippen molar-refractivity contribution in [2.24, 2.45) is 5.73 Å². The summed E-state index contributed by atoms with van der Waals surface area (Å²) in [6.45, 7) is 2.50. The van der Waals surface area contributed by atoms with Gasteiger partial charge in [-0.3, -0.25) is 4.98 Å². The second kappa shape index (κ2) is 4.97. The van der Waals surface area contributed by atoms with Crippen LogP contribution in [0.15, 0.2) is 36.4 Å². The van der Waals surface area contributed by atoms with E-state index < -0.39 is 0 Å². The van der Waals surface area contributed by atoms with Crippen LogP contribution >= 0.6 is 0 Å². The highest BCUT2D eigenvalue weighted by molar-refractivity contribution is 5.61. The van der Waals surface area contributed by atoms with Crippen molar-refractivity contribution >= 4 is 0 Å². The van der Waals surface area contributed by atoms with Crippen LogP contribution in [0.4, 0.5) is 0 Å². The summed E-state index contributed by atoms with van der Waals surface area (Å²) in [5, 5.41) is 0. The van der Waals surface area contributed by atoms with Crippen LogP contribution < -0.4 is 10.5 Å². The van der Waals surface area contributed by atoms with Gasteiger partial charge in [-0.05, 0) is 30.7 Å². The molecule has 1 aromatic heterocycles. The fourth-order valence-electron chi connectivity index (χ4n) is 1.75. The number of hydrogen-bond donors (Lipinski definition) is 1. The molecule has 3 nitrogen and oxygen atoms in total. The summed E-state index contributed by atoms with van der Waals surface area (Å²) in [4.78, 5) is 4.55. The predicted molar refractivity (Wildman–Crippen MR) is 68.9 cm³/mol. The van der Waals surface area contributed by atoms with Crippen LogP contribution in [0.2, 0.25) is 0 Å². The molecule has 2 rings (SSSR count). The minimum atomic E-state index is 0.525. The zero-order chi connectivity index (χ0) is 12.3. The lowest BCUT2D eigenvalue weighted by atomic mass is 10.1. The third-order valence-electron chi connectivity index (χ3n) is 2.78. The van der Waals surface area contributed by atoms with Gasteiger partial charge >= 0.3 is 0 Å². The lowest BCUT2D eigenvalue weighted by Gasteiger charge is -2.07. The fraction of sp³-hybridized carbons (Fsp3) is 0.214. The minimum Gasteiger partial charge on any atom is -0.497 e. The van der Waals surface area contributed by atoms with E-state index in [2.05, 4.69) is 4.98 Å². The molecule has 0 spiro atoms. The molecule has 0 aliphatic rings. The number of nitrogens with two attached hydrogens (primary N) is 1. The molecule has 0 atom stereocenters. The predicted octanol–water partition coefficient (Wildman–Crippen LogP) is 2.52. The third kappa shape index (κ3) is 2.45. The molecule has 1 aromatic carbocycles. The van der Waals surface area contributed by atoms with Gasteiger partial charge in [-0.2, -0.15) is 0 Å². The number of benzene rings is 1. The third-order valence-corrected chi connectivity index (χ3v) is 2.78. The highest BCUT2D eigenvalue weighted by Crippen LogP contribution is 2.23. The van der Waals surface area contributed by atoms with Crippen LogP contribution in [0.1, 0.15) is 11.3 Å². The van der Waals surface area contributed by atoms with Crippen LogP contribution in [0.25, 0.3) is 11.3 Å². The molecule has 0 amide bonds. The SMILES string of the molecule is COc1cccc(-c2ccc(CN)c(C)n2)c1. The maximum Gasteiger partial charge on any atom is 0.119 e. The van der Waals surface area contributed by atoms with E-state index in [1.165, 1.54) is 0 Å². The van der Waals surface area contributed by atoms with Crippen molar-refractivity contribution in [1.82, 2.24) is 4.98 Å². The molecule has 0 radical (unpaired) electrons. The minimum absolute atomic E-state index is 0.525. The molecule has 2 aromatic rings. The second-order valence-corrected chi connectivity index (χ2v) is 3.88. The van der Waals surface area contributed by atoms with E-state index in [4.69, 9.17) is 10.5 Å². The number of nitrogens with zero attached hydrogens (tertiary/aromatic N) is 1. The van der Waals surface area contributed by atoms with Gasteiger partial charge in [0.15, 0.2) is 0 Å². The summed E-state index contributed by atoms with van der Waals surface area (Å²) < 4.78 is 5.20. The van der Waals surface area contributed by atoms with Gasteiger partial charge in [0.2, 0.25) is 0 Å².